The van der Waals surface area contributed by atoms with Crippen LogP contribution in [0, 0.1) is 5.92 Å². The molecule has 1 atom stereocenters. The first-order chi connectivity index (χ1) is 13.5. The zero-order chi connectivity index (χ0) is 20.5. The van der Waals surface area contributed by atoms with Crippen LogP contribution in [0.1, 0.15) is 45.4 Å². The predicted octanol–water partition coefficient (Wildman–Crippen LogP) is 2.15. The molecule has 0 fully saturated rings. The summed E-state index contributed by atoms with van der Waals surface area (Å²) in [7, 11) is 1.26. The van der Waals surface area contributed by atoms with Gasteiger partial charge in [0.05, 0.1) is 24.3 Å². The van der Waals surface area contributed by atoms with Gasteiger partial charge in [0.25, 0.3) is 0 Å². The van der Waals surface area contributed by atoms with Crippen molar-refractivity contribution < 1.29 is 23.9 Å². The molecule has 4 amide bonds. The third kappa shape index (κ3) is 5.61. The highest BCUT2D eigenvalue weighted by molar-refractivity contribution is 6.23. The minimum Gasteiger partial charge on any atom is -0.465 e. The topological polar surface area (TPSA) is 105 Å². The smallest absolute Gasteiger partial charge is 0.350 e. The number of aliphatic imine (C=N–C) groups is 1. The van der Waals surface area contributed by atoms with Gasteiger partial charge in [-0.25, -0.2) is 9.59 Å². The molecule has 1 aliphatic carbocycles. The molecule has 1 N–H and O–H groups in total. The summed E-state index contributed by atoms with van der Waals surface area (Å²) in [5.41, 5.74) is 0.515. The third-order valence-corrected chi connectivity index (χ3v) is 4.64. The lowest BCUT2D eigenvalue weighted by molar-refractivity contribution is -0.136. The van der Waals surface area contributed by atoms with Gasteiger partial charge in [0, 0.05) is 19.5 Å². The maximum Gasteiger partial charge on any atom is 0.350 e. The van der Waals surface area contributed by atoms with Gasteiger partial charge in [0.1, 0.15) is 0 Å². The van der Waals surface area contributed by atoms with Gasteiger partial charge in [0.15, 0.2) is 0 Å². The Balaban J connectivity index is 1.81. The van der Waals surface area contributed by atoms with Gasteiger partial charge in [-0.1, -0.05) is 31.9 Å². The molecule has 0 aromatic heterocycles. The number of amides is 4. The van der Waals surface area contributed by atoms with Gasteiger partial charge < -0.3 is 10.1 Å². The van der Waals surface area contributed by atoms with E-state index in [2.05, 4.69) is 22.0 Å². The fourth-order valence-electron chi connectivity index (χ4n) is 3.02. The zero-order valence-corrected chi connectivity index (χ0v) is 16.4. The van der Waals surface area contributed by atoms with Crippen LogP contribution in [-0.2, 0) is 19.1 Å². The van der Waals surface area contributed by atoms with Crippen molar-refractivity contribution in [1.82, 2.24) is 10.2 Å². The van der Waals surface area contributed by atoms with Crippen LogP contribution in [-0.4, -0.2) is 54.6 Å². The highest BCUT2D eigenvalue weighted by Crippen LogP contribution is 2.23. The predicted molar refractivity (Wildman–Crippen MR) is 104 cm³/mol. The number of esters is 1. The number of methoxy groups -OCH3 is 1. The number of rotatable bonds is 10. The van der Waals surface area contributed by atoms with Crippen LogP contribution in [0.2, 0.25) is 0 Å². The quantitative estimate of drug-likeness (QED) is 0.455. The molecule has 0 saturated carbocycles. The van der Waals surface area contributed by atoms with E-state index in [1.807, 2.05) is 0 Å². The van der Waals surface area contributed by atoms with E-state index >= 15 is 0 Å². The third-order valence-electron chi connectivity index (χ3n) is 4.64. The average molecular weight is 389 g/mol. The number of unbranched alkanes of at least 4 members (excludes halogenated alkanes) is 3. The minimum atomic E-state index is -0.657. The van der Waals surface area contributed by atoms with Crippen LogP contribution >= 0.6 is 0 Å². The molecule has 8 heteroatoms. The molecule has 0 spiro atoms. The standard InChI is InChI=1S/C20H27N3O5/c1-3-4-11-21-17(24)8-6-5-7-12-23-18(25)15-10-9-14(19(26)28-2)13-16(15)22-20(23)27/h9-10,13,15H,3-8,11-12H2,1-2H3,(H,21,24). The Hall–Kier alpha value is -2.77. The van der Waals surface area contributed by atoms with Crippen LogP contribution < -0.4 is 5.32 Å². The summed E-state index contributed by atoms with van der Waals surface area (Å²) >= 11 is 0. The first kappa shape index (κ1) is 21.5. The van der Waals surface area contributed by atoms with E-state index < -0.39 is 17.9 Å². The fraction of sp³-hybridized carbons (Fsp3) is 0.550. The molecular formula is C20H27N3O5. The van der Waals surface area contributed by atoms with Crippen molar-refractivity contribution in [2.75, 3.05) is 20.2 Å². The lowest BCUT2D eigenvalue weighted by Gasteiger charge is -2.28. The van der Waals surface area contributed by atoms with E-state index in [0.717, 1.165) is 24.2 Å². The van der Waals surface area contributed by atoms with Crippen molar-refractivity contribution in [1.29, 1.82) is 0 Å². The number of fused-ring (bicyclic) bond motifs is 1. The molecule has 8 nitrogen and oxygen atoms in total. The van der Waals surface area contributed by atoms with Crippen molar-refractivity contribution in [3.05, 3.63) is 23.8 Å². The van der Waals surface area contributed by atoms with E-state index in [1.54, 1.807) is 6.08 Å². The normalized spacial score (nSPS) is 18.4. The molecule has 0 saturated heterocycles. The second-order valence-electron chi connectivity index (χ2n) is 6.75. The van der Waals surface area contributed by atoms with E-state index in [4.69, 9.17) is 0 Å². The first-order valence-corrected chi connectivity index (χ1v) is 9.66. The largest absolute Gasteiger partial charge is 0.465 e. The van der Waals surface area contributed by atoms with Crippen molar-refractivity contribution in [3.8, 4) is 0 Å². The summed E-state index contributed by atoms with van der Waals surface area (Å²) in [6.07, 6.45) is 9.01. The summed E-state index contributed by atoms with van der Waals surface area (Å²) in [6, 6.07) is -0.621. The molecule has 0 aromatic rings. The van der Waals surface area contributed by atoms with Crippen molar-refractivity contribution in [2.24, 2.45) is 10.9 Å². The minimum absolute atomic E-state index is 0.0355. The van der Waals surface area contributed by atoms with E-state index in [1.165, 1.54) is 19.3 Å². The highest BCUT2D eigenvalue weighted by Gasteiger charge is 2.36. The number of hydrogen-bond donors (Lipinski definition) is 1. The number of nitrogens with one attached hydrogen (secondary N) is 1. The molecule has 1 heterocycles. The number of allylic oxidation sites excluding steroid dienone is 1. The second-order valence-corrected chi connectivity index (χ2v) is 6.75. The number of nitrogens with zero attached hydrogens (tertiary/aromatic N) is 2. The molecular weight excluding hydrogens is 362 g/mol. The summed E-state index contributed by atoms with van der Waals surface area (Å²) in [4.78, 5) is 53.1. The SMILES string of the molecule is CCCCNC(=O)CCCCCN1C(=O)N=C2C=C(C(=O)OC)C=CC2C1=O. The maximum absolute atomic E-state index is 12.6. The molecule has 152 valence electrons. The van der Waals surface area contributed by atoms with Gasteiger partial charge in [-0.15, -0.1) is 0 Å². The second kappa shape index (κ2) is 10.5. The Morgan fingerprint density at radius 3 is 2.71 bits per heavy atom. The Morgan fingerprint density at radius 2 is 2.00 bits per heavy atom. The maximum atomic E-state index is 12.6. The van der Waals surface area contributed by atoms with Crippen molar-refractivity contribution >= 4 is 29.5 Å². The summed E-state index contributed by atoms with van der Waals surface area (Å²) in [5.74, 6) is -1.51. The summed E-state index contributed by atoms with van der Waals surface area (Å²) in [5, 5.41) is 2.86. The van der Waals surface area contributed by atoms with Gasteiger partial charge in [-0.2, -0.15) is 4.99 Å². The number of imide groups is 1. The van der Waals surface area contributed by atoms with Crippen molar-refractivity contribution in [3.63, 3.8) is 0 Å². The Morgan fingerprint density at radius 1 is 1.21 bits per heavy atom. The van der Waals surface area contributed by atoms with Gasteiger partial charge >= 0.3 is 12.0 Å². The lowest BCUT2D eigenvalue weighted by Crippen LogP contribution is -2.46. The molecule has 0 radical (unpaired) electrons. The van der Waals surface area contributed by atoms with Crippen molar-refractivity contribution in [2.45, 2.75) is 45.4 Å². The average Bonchev–Trinajstić information content (AvgIpc) is 2.69. The number of hydrogen-bond acceptors (Lipinski definition) is 5. The molecule has 0 bridgehead atoms. The molecule has 2 aliphatic rings. The number of carbonyl (C=O) groups excluding carboxylic acids is 4. The highest BCUT2D eigenvalue weighted by atomic mass is 16.5. The number of ether oxygens (including phenoxy) is 1. The van der Waals surface area contributed by atoms with Crippen LogP contribution in [0.25, 0.3) is 0 Å². The molecule has 0 aromatic carbocycles. The van der Waals surface area contributed by atoms with Crippen LogP contribution in [0.15, 0.2) is 28.8 Å². The fourth-order valence-corrected chi connectivity index (χ4v) is 3.02. The van der Waals surface area contributed by atoms with E-state index in [0.29, 0.717) is 25.8 Å². The van der Waals surface area contributed by atoms with Crippen LogP contribution in [0.5, 0.6) is 0 Å². The zero-order valence-electron chi connectivity index (χ0n) is 16.4. The lowest BCUT2D eigenvalue weighted by atomic mass is 9.92. The van der Waals surface area contributed by atoms with Gasteiger partial charge in [-0.05, 0) is 25.3 Å². The number of urea groups is 1. The molecule has 1 unspecified atom stereocenters. The van der Waals surface area contributed by atoms with E-state index in [9.17, 15) is 19.2 Å². The van der Waals surface area contributed by atoms with Crippen LogP contribution in [0.3, 0.4) is 0 Å². The summed E-state index contributed by atoms with van der Waals surface area (Å²) in [6.45, 7) is 3.04. The molecule has 1 aliphatic heterocycles. The summed E-state index contributed by atoms with van der Waals surface area (Å²) < 4.78 is 4.64. The monoisotopic (exact) mass is 389 g/mol. The van der Waals surface area contributed by atoms with E-state index in [-0.39, 0.29) is 29.6 Å². The Bertz CT molecular complexity index is 723. The Labute approximate surface area is 164 Å². The van der Waals surface area contributed by atoms with Gasteiger partial charge in [0.2, 0.25) is 11.8 Å². The van der Waals surface area contributed by atoms with Gasteiger partial charge in [-0.3, -0.25) is 14.5 Å². The number of carbonyl (C=O) groups is 4. The molecule has 2 rings (SSSR count). The molecule has 28 heavy (non-hydrogen) atoms. The Kier molecular flexibility index (Phi) is 8.10. The van der Waals surface area contributed by atoms with Crippen LogP contribution in [0.4, 0.5) is 4.79 Å². The first-order valence-electron chi connectivity index (χ1n) is 9.66.